The van der Waals surface area contributed by atoms with Gasteiger partial charge < -0.3 is 4.74 Å². The molecule has 0 aliphatic rings. The molecule has 0 radical (unpaired) electrons. The molecule has 6 heteroatoms. The van der Waals surface area contributed by atoms with Crippen LogP contribution in [0.4, 0.5) is 8.78 Å². The number of carbonyl (C=O) groups is 1. The van der Waals surface area contributed by atoms with E-state index in [1.165, 1.54) is 13.0 Å². The van der Waals surface area contributed by atoms with E-state index in [0.717, 1.165) is 0 Å². The Balaban J connectivity index is 3.22. The van der Waals surface area contributed by atoms with E-state index in [2.05, 4.69) is 20.7 Å². The third kappa shape index (κ3) is 3.10. The minimum atomic E-state index is -2.90. The maximum Gasteiger partial charge on any atom is 0.387 e. The second kappa shape index (κ2) is 5.20. The van der Waals surface area contributed by atoms with E-state index >= 15 is 0 Å². The molecule has 1 aromatic carbocycles. The van der Waals surface area contributed by atoms with Crippen LogP contribution in [0.5, 0.6) is 5.75 Å². The minimum absolute atomic E-state index is 0.0318. The minimum Gasteiger partial charge on any atom is -0.434 e. The van der Waals surface area contributed by atoms with Gasteiger partial charge in [-0.3, -0.25) is 4.79 Å². The molecule has 1 aromatic rings. The van der Waals surface area contributed by atoms with Crippen LogP contribution < -0.4 is 4.74 Å². The van der Waals surface area contributed by atoms with Crippen molar-refractivity contribution in [1.82, 2.24) is 0 Å². The molecule has 0 aromatic heterocycles. The summed E-state index contributed by atoms with van der Waals surface area (Å²) in [5, 5.41) is 0. The van der Waals surface area contributed by atoms with Gasteiger partial charge in [0, 0.05) is 9.13 Å². The van der Waals surface area contributed by atoms with Gasteiger partial charge in [0.1, 0.15) is 5.75 Å². The Hall–Kier alpha value is -0.240. The van der Waals surface area contributed by atoms with Crippen LogP contribution in [-0.2, 0) is 0 Å². The number of alkyl halides is 2. The van der Waals surface area contributed by atoms with Crippen LogP contribution in [-0.4, -0.2) is 12.4 Å². The molecule has 0 heterocycles. The van der Waals surface area contributed by atoms with Crippen molar-refractivity contribution in [2.24, 2.45) is 0 Å². The van der Waals surface area contributed by atoms with Crippen LogP contribution in [0.1, 0.15) is 17.3 Å². The molecule has 82 valence electrons. The summed E-state index contributed by atoms with van der Waals surface area (Å²) >= 11 is 5.03. The highest BCUT2D eigenvalue weighted by Crippen LogP contribution is 2.33. The number of hydrogen-bond donors (Lipinski definition) is 0. The second-order valence-electron chi connectivity index (χ2n) is 2.67. The fraction of sp³-hybridized carbons (Fsp3) is 0.222. The third-order valence-corrected chi connectivity index (χ3v) is 3.31. The summed E-state index contributed by atoms with van der Waals surface area (Å²) in [6, 6.07) is 2.95. The summed E-state index contributed by atoms with van der Waals surface area (Å²) in [6.07, 6.45) is 0. The molecule has 0 amide bonds. The SMILES string of the molecule is CC(=O)c1c(I)ccc(OC(F)F)c1Br. The summed E-state index contributed by atoms with van der Waals surface area (Å²) < 4.78 is 29.2. The van der Waals surface area contributed by atoms with Gasteiger partial charge in [0.15, 0.2) is 5.78 Å². The van der Waals surface area contributed by atoms with Crippen LogP contribution in [0.3, 0.4) is 0 Å². The van der Waals surface area contributed by atoms with E-state index in [0.29, 0.717) is 9.13 Å². The molecule has 0 bridgehead atoms. The predicted molar refractivity (Wildman–Crippen MR) is 63.5 cm³/mol. The largest absolute Gasteiger partial charge is 0.434 e. The van der Waals surface area contributed by atoms with E-state index < -0.39 is 6.61 Å². The van der Waals surface area contributed by atoms with Crippen molar-refractivity contribution in [3.63, 3.8) is 0 Å². The van der Waals surface area contributed by atoms with Crippen LogP contribution in [0.2, 0.25) is 0 Å². The van der Waals surface area contributed by atoms with Gasteiger partial charge in [-0.1, -0.05) is 0 Å². The molecule has 0 aliphatic heterocycles. The standard InChI is InChI=1S/C9H6BrF2IO2/c1-4(14)7-5(13)2-3-6(8(7)10)15-9(11)12/h2-3,9H,1H3. The molecule has 15 heavy (non-hydrogen) atoms. The highest BCUT2D eigenvalue weighted by atomic mass is 127. The molecule has 0 fully saturated rings. The Labute approximate surface area is 107 Å². The van der Waals surface area contributed by atoms with Crippen molar-refractivity contribution >= 4 is 44.3 Å². The van der Waals surface area contributed by atoms with Crippen LogP contribution in [0.15, 0.2) is 16.6 Å². The first-order chi connectivity index (χ1) is 6.93. The zero-order valence-corrected chi connectivity index (χ0v) is 11.3. The van der Waals surface area contributed by atoms with Crippen LogP contribution in [0, 0.1) is 3.57 Å². The lowest BCUT2D eigenvalue weighted by Crippen LogP contribution is -2.05. The molecule has 0 atom stereocenters. The lowest BCUT2D eigenvalue weighted by Gasteiger charge is -2.10. The van der Waals surface area contributed by atoms with E-state index in [-0.39, 0.29) is 16.0 Å². The molecule has 0 saturated carbocycles. The van der Waals surface area contributed by atoms with Gasteiger partial charge in [0.2, 0.25) is 0 Å². The highest BCUT2D eigenvalue weighted by molar-refractivity contribution is 14.1. The van der Waals surface area contributed by atoms with E-state index in [9.17, 15) is 13.6 Å². The number of ketones is 1. The van der Waals surface area contributed by atoms with E-state index in [1.54, 1.807) is 6.07 Å². The lowest BCUT2D eigenvalue weighted by atomic mass is 10.1. The van der Waals surface area contributed by atoms with Crippen molar-refractivity contribution in [2.45, 2.75) is 13.5 Å². The number of ether oxygens (including phenoxy) is 1. The molecule has 0 aliphatic carbocycles. The quantitative estimate of drug-likeness (QED) is 0.578. The first kappa shape index (κ1) is 12.8. The molecule has 0 saturated heterocycles. The Bertz CT molecular complexity index is 396. The number of carbonyl (C=O) groups excluding carboxylic acids is 1. The van der Waals surface area contributed by atoms with Gasteiger partial charge in [-0.15, -0.1) is 0 Å². The highest BCUT2D eigenvalue weighted by Gasteiger charge is 2.16. The van der Waals surface area contributed by atoms with Crippen molar-refractivity contribution < 1.29 is 18.3 Å². The summed E-state index contributed by atoms with van der Waals surface area (Å²) in [5.41, 5.74) is 0.355. The van der Waals surface area contributed by atoms with Crippen molar-refractivity contribution in [1.29, 1.82) is 0 Å². The second-order valence-corrected chi connectivity index (χ2v) is 4.62. The number of halogens is 4. The van der Waals surface area contributed by atoms with Gasteiger partial charge in [-0.05, 0) is 57.6 Å². The summed E-state index contributed by atoms with van der Waals surface area (Å²) in [7, 11) is 0. The van der Waals surface area contributed by atoms with Crippen LogP contribution >= 0.6 is 38.5 Å². The first-order valence-corrected chi connectivity index (χ1v) is 5.74. The number of hydrogen-bond acceptors (Lipinski definition) is 2. The van der Waals surface area contributed by atoms with Gasteiger partial charge in [0.05, 0.1) is 4.47 Å². The average Bonchev–Trinajstić information content (AvgIpc) is 2.09. The Morgan fingerprint density at radius 3 is 2.60 bits per heavy atom. The van der Waals surface area contributed by atoms with Crippen molar-refractivity contribution in [3.05, 3.63) is 25.7 Å². The summed E-state index contributed by atoms with van der Waals surface area (Å²) in [5.74, 6) is -0.235. The van der Waals surface area contributed by atoms with Gasteiger partial charge in [0.25, 0.3) is 0 Å². The number of rotatable bonds is 3. The van der Waals surface area contributed by atoms with Gasteiger partial charge >= 0.3 is 6.61 Å². The smallest absolute Gasteiger partial charge is 0.387 e. The Kier molecular flexibility index (Phi) is 4.45. The zero-order valence-electron chi connectivity index (χ0n) is 7.56. The molecular formula is C9H6BrF2IO2. The molecule has 0 spiro atoms. The van der Waals surface area contributed by atoms with E-state index in [1.807, 2.05) is 22.6 Å². The predicted octanol–water partition coefficient (Wildman–Crippen LogP) is 3.86. The number of benzene rings is 1. The molecular weight excluding hydrogens is 385 g/mol. The maximum absolute atomic E-state index is 12.0. The third-order valence-electron chi connectivity index (χ3n) is 1.62. The fourth-order valence-electron chi connectivity index (χ4n) is 1.04. The average molecular weight is 391 g/mol. The Morgan fingerprint density at radius 1 is 1.53 bits per heavy atom. The summed E-state index contributed by atoms with van der Waals surface area (Å²) in [6.45, 7) is -1.53. The summed E-state index contributed by atoms with van der Waals surface area (Å²) in [4.78, 5) is 11.2. The topological polar surface area (TPSA) is 26.3 Å². The monoisotopic (exact) mass is 390 g/mol. The molecule has 2 nitrogen and oxygen atoms in total. The van der Waals surface area contributed by atoms with Crippen molar-refractivity contribution in [2.75, 3.05) is 0 Å². The lowest BCUT2D eigenvalue weighted by molar-refractivity contribution is -0.0504. The Morgan fingerprint density at radius 2 is 2.13 bits per heavy atom. The zero-order chi connectivity index (χ0) is 11.6. The number of Topliss-reactive ketones (excluding diaryl/α,β-unsaturated/α-hetero) is 1. The van der Waals surface area contributed by atoms with Crippen molar-refractivity contribution in [3.8, 4) is 5.75 Å². The molecule has 0 unspecified atom stereocenters. The van der Waals surface area contributed by atoms with Gasteiger partial charge in [-0.2, -0.15) is 8.78 Å². The normalized spacial score (nSPS) is 10.5. The van der Waals surface area contributed by atoms with Gasteiger partial charge in [-0.25, -0.2) is 0 Å². The molecule has 0 N–H and O–H groups in total. The maximum atomic E-state index is 12.0. The fourth-order valence-corrected chi connectivity index (χ4v) is 2.96. The van der Waals surface area contributed by atoms with Crippen LogP contribution in [0.25, 0.3) is 0 Å². The van der Waals surface area contributed by atoms with E-state index in [4.69, 9.17) is 0 Å². The molecule has 1 rings (SSSR count). The first-order valence-electron chi connectivity index (χ1n) is 3.87.